The van der Waals surface area contributed by atoms with Crippen molar-refractivity contribution in [2.45, 2.75) is 6.42 Å². The normalized spacial score (nSPS) is 10.4. The van der Waals surface area contributed by atoms with Gasteiger partial charge >= 0.3 is 0 Å². The van der Waals surface area contributed by atoms with Gasteiger partial charge in [0.2, 0.25) is 0 Å². The Balaban J connectivity index is 2.22. The van der Waals surface area contributed by atoms with Gasteiger partial charge < -0.3 is 5.73 Å². The van der Waals surface area contributed by atoms with Crippen LogP contribution in [-0.2, 0) is 6.42 Å². The van der Waals surface area contributed by atoms with Crippen molar-refractivity contribution in [3.63, 3.8) is 0 Å². The lowest BCUT2D eigenvalue weighted by atomic mass is 10.1. The highest BCUT2D eigenvalue weighted by Gasteiger charge is 1.98. The van der Waals surface area contributed by atoms with E-state index in [-0.39, 0.29) is 0 Å². The van der Waals surface area contributed by atoms with Crippen LogP contribution in [0.4, 0.5) is 0 Å². The van der Waals surface area contributed by atoms with E-state index in [0.29, 0.717) is 6.54 Å². The zero-order chi connectivity index (χ0) is 9.80. The van der Waals surface area contributed by atoms with Crippen LogP contribution in [0.1, 0.15) is 5.56 Å². The minimum Gasteiger partial charge on any atom is -0.330 e. The van der Waals surface area contributed by atoms with Crippen molar-refractivity contribution in [2.75, 3.05) is 6.54 Å². The SMILES string of the molecule is NCCc1ccc(-c2cscn2)cc1. The fraction of sp³-hybridized carbons (Fsp3) is 0.182. The molecule has 2 nitrogen and oxygen atoms in total. The van der Waals surface area contributed by atoms with Crippen LogP contribution < -0.4 is 5.73 Å². The standard InChI is InChI=1S/C11H12N2S/c12-6-5-9-1-3-10(4-2-9)11-7-14-8-13-11/h1-4,7-8H,5-6,12H2. The number of aromatic nitrogens is 1. The van der Waals surface area contributed by atoms with Crippen molar-refractivity contribution in [1.82, 2.24) is 4.98 Å². The summed E-state index contributed by atoms with van der Waals surface area (Å²) in [6, 6.07) is 8.42. The molecule has 2 N–H and O–H groups in total. The van der Waals surface area contributed by atoms with E-state index in [0.717, 1.165) is 12.1 Å². The molecular formula is C11H12N2S. The zero-order valence-corrected chi connectivity index (χ0v) is 8.63. The van der Waals surface area contributed by atoms with Gasteiger partial charge in [0.15, 0.2) is 0 Å². The van der Waals surface area contributed by atoms with E-state index in [1.54, 1.807) is 11.3 Å². The quantitative estimate of drug-likeness (QED) is 0.833. The van der Waals surface area contributed by atoms with Gasteiger partial charge in [0.05, 0.1) is 11.2 Å². The molecule has 0 saturated carbocycles. The van der Waals surface area contributed by atoms with E-state index in [2.05, 4.69) is 34.6 Å². The van der Waals surface area contributed by atoms with E-state index in [1.165, 1.54) is 11.1 Å². The first-order valence-electron chi connectivity index (χ1n) is 4.58. The second kappa shape index (κ2) is 4.35. The Morgan fingerprint density at radius 3 is 2.57 bits per heavy atom. The second-order valence-electron chi connectivity index (χ2n) is 3.11. The molecule has 1 aromatic heterocycles. The predicted molar refractivity (Wildman–Crippen MR) is 60.3 cm³/mol. The number of thiazole rings is 1. The van der Waals surface area contributed by atoms with Crippen molar-refractivity contribution in [1.29, 1.82) is 0 Å². The van der Waals surface area contributed by atoms with Crippen LogP contribution >= 0.6 is 11.3 Å². The van der Waals surface area contributed by atoms with E-state index >= 15 is 0 Å². The van der Waals surface area contributed by atoms with Gasteiger partial charge in [-0.1, -0.05) is 24.3 Å². The molecule has 0 saturated heterocycles. The molecule has 1 aromatic carbocycles. The maximum Gasteiger partial charge on any atom is 0.0811 e. The number of hydrogen-bond donors (Lipinski definition) is 1. The van der Waals surface area contributed by atoms with Gasteiger partial charge in [-0.15, -0.1) is 11.3 Å². The van der Waals surface area contributed by atoms with Gasteiger partial charge in [0.25, 0.3) is 0 Å². The van der Waals surface area contributed by atoms with Gasteiger partial charge in [-0.2, -0.15) is 0 Å². The lowest BCUT2D eigenvalue weighted by molar-refractivity contribution is 0.969. The smallest absolute Gasteiger partial charge is 0.0811 e. The Morgan fingerprint density at radius 2 is 2.00 bits per heavy atom. The Hall–Kier alpha value is -1.19. The zero-order valence-electron chi connectivity index (χ0n) is 7.81. The molecule has 2 rings (SSSR count). The van der Waals surface area contributed by atoms with Crippen LogP contribution in [0, 0.1) is 0 Å². The average molecular weight is 204 g/mol. The third kappa shape index (κ3) is 2.00. The molecule has 2 aromatic rings. The molecule has 0 amide bonds. The maximum absolute atomic E-state index is 5.48. The predicted octanol–water partition coefficient (Wildman–Crippen LogP) is 2.31. The van der Waals surface area contributed by atoms with Gasteiger partial charge in [-0.3, -0.25) is 0 Å². The molecule has 72 valence electrons. The van der Waals surface area contributed by atoms with Gasteiger partial charge in [0.1, 0.15) is 0 Å². The third-order valence-corrected chi connectivity index (χ3v) is 2.70. The van der Waals surface area contributed by atoms with E-state index in [4.69, 9.17) is 5.73 Å². The summed E-state index contributed by atoms with van der Waals surface area (Å²) in [5.41, 5.74) is 10.8. The average Bonchev–Trinajstić information content (AvgIpc) is 2.72. The van der Waals surface area contributed by atoms with E-state index < -0.39 is 0 Å². The highest BCUT2D eigenvalue weighted by molar-refractivity contribution is 7.07. The maximum atomic E-state index is 5.48. The molecule has 3 heteroatoms. The van der Waals surface area contributed by atoms with Crippen LogP contribution in [0.2, 0.25) is 0 Å². The summed E-state index contributed by atoms with van der Waals surface area (Å²) in [6.07, 6.45) is 0.942. The summed E-state index contributed by atoms with van der Waals surface area (Å²) in [6.45, 7) is 0.704. The van der Waals surface area contributed by atoms with Crippen molar-refractivity contribution >= 4 is 11.3 Å². The molecule has 14 heavy (non-hydrogen) atoms. The highest BCUT2D eigenvalue weighted by atomic mass is 32.1. The monoisotopic (exact) mass is 204 g/mol. The van der Waals surface area contributed by atoms with Crippen molar-refractivity contribution in [2.24, 2.45) is 5.73 Å². The molecule has 0 unspecified atom stereocenters. The van der Waals surface area contributed by atoms with Crippen LogP contribution in [0.25, 0.3) is 11.3 Å². The van der Waals surface area contributed by atoms with E-state index in [1.807, 2.05) is 5.51 Å². The van der Waals surface area contributed by atoms with Crippen LogP contribution in [0.15, 0.2) is 35.2 Å². The summed E-state index contributed by atoms with van der Waals surface area (Å²) in [5.74, 6) is 0. The van der Waals surface area contributed by atoms with Crippen molar-refractivity contribution in [3.8, 4) is 11.3 Å². The summed E-state index contributed by atoms with van der Waals surface area (Å²) in [7, 11) is 0. The lowest BCUT2D eigenvalue weighted by Gasteiger charge is -2.00. The first-order chi connectivity index (χ1) is 6.90. The summed E-state index contributed by atoms with van der Waals surface area (Å²) in [5, 5.41) is 2.05. The van der Waals surface area contributed by atoms with Gasteiger partial charge in [-0.05, 0) is 18.5 Å². The van der Waals surface area contributed by atoms with Crippen molar-refractivity contribution in [3.05, 3.63) is 40.7 Å². The fourth-order valence-electron chi connectivity index (χ4n) is 1.36. The molecule has 0 bridgehead atoms. The molecule has 1 heterocycles. The Morgan fingerprint density at radius 1 is 1.21 bits per heavy atom. The molecule has 0 aliphatic rings. The number of benzene rings is 1. The minimum absolute atomic E-state index is 0.704. The van der Waals surface area contributed by atoms with Crippen molar-refractivity contribution < 1.29 is 0 Å². The number of hydrogen-bond acceptors (Lipinski definition) is 3. The Labute approximate surface area is 87.4 Å². The topological polar surface area (TPSA) is 38.9 Å². The summed E-state index contributed by atoms with van der Waals surface area (Å²) >= 11 is 1.62. The highest BCUT2D eigenvalue weighted by Crippen LogP contribution is 2.19. The molecule has 0 aliphatic heterocycles. The Kier molecular flexibility index (Phi) is 2.91. The molecular weight excluding hydrogens is 192 g/mol. The van der Waals surface area contributed by atoms with Gasteiger partial charge in [-0.25, -0.2) is 4.98 Å². The largest absolute Gasteiger partial charge is 0.330 e. The van der Waals surface area contributed by atoms with Crippen LogP contribution in [0.3, 0.4) is 0 Å². The van der Waals surface area contributed by atoms with Crippen LogP contribution in [-0.4, -0.2) is 11.5 Å². The molecule has 0 atom stereocenters. The first kappa shape index (κ1) is 9.37. The number of nitrogens with zero attached hydrogens (tertiary/aromatic N) is 1. The minimum atomic E-state index is 0.704. The number of nitrogens with two attached hydrogens (primary N) is 1. The molecule has 0 aliphatic carbocycles. The second-order valence-corrected chi connectivity index (χ2v) is 3.83. The fourth-order valence-corrected chi connectivity index (χ4v) is 1.93. The van der Waals surface area contributed by atoms with Gasteiger partial charge in [0, 0.05) is 10.9 Å². The Bertz CT molecular complexity index is 378. The summed E-state index contributed by atoms with van der Waals surface area (Å²) < 4.78 is 0. The lowest BCUT2D eigenvalue weighted by Crippen LogP contribution is -2.02. The molecule has 0 spiro atoms. The first-order valence-corrected chi connectivity index (χ1v) is 5.52. The summed E-state index contributed by atoms with van der Waals surface area (Å²) in [4.78, 5) is 4.26. The van der Waals surface area contributed by atoms with E-state index in [9.17, 15) is 0 Å². The molecule has 0 fully saturated rings. The van der Waals surface area contributed by atoms with Crippen LogP contribution in [0.5, 0.6) is 0 Å². The molecule has 0 radical (unpaired) electrons. The third-order valence-electron chi connectivity index (χ3n) is 2.12. The number of rotatable bonds is 3.